The van der Waals surface area contributed by atoms with Crippen molar-refractivity contribution >= 4 is 19.4 Å². The number of amides is 2. The Morgan fingerprint density at radius 1 is 1.21 bits per heavy atom. The summed E-state index contributed by atoms with van der Waals surface area (Å²) in [6.45, 7) is 4.49. The van der Waals surface area contributed by atoms with Crippen LogP contribution in [0.1, 0.15) is 33.6 Å². The summed E-state index contributed by atoms with van der Waals surface area (Å²) in [7, 11) is -4.38. The fraction of sp³-hybridized carbons (Fsp3) is 0.800. The van der Waals surface area contributed by atoms with E-state index in [4.69, 9.17) is 15.5 Å². The van der Waals surface area contributed by atoms with Crippen LogP contribution in [0.2, 0.25) is 0 Å². The van der Waals surface area contributed by atoms with E-state index < -0.39 is 37.3 Å². The summed E-state index contributed by atoms with van der Waals surface area (Å²) < 4.78 is 10.9. The molecule has 19 heavy (non-hydrogen) atoms. The molecule has 2 amide bonds. The lowest BCUT2D eigenvalue weighted by Crippen LogP contribution is -2.51. The van der Waals surface area contributed by atoms with Crippen LogP contribution in [-0.2, 0) is 14.2 Å². The summed E-state index contributed by atoms with van der Waals surface area (Å²) in [4.78, 5) is 40.9. The predicted octanol–water partition coefficient (Wildman–Crippen LogP) is -0.742. The molecular formula is C10H22N3O5P. The lowest BCUT2D eigenvalue weighted by molar-refractivity contribution is -0.129. The molecule has 0 aromatic rings. The second-order valence-corrected chi connectivity index (χ2v) is 6.35. The highest BCUT2D eigenvalue weighted by Gasteiger charge is 2.28. The molecule has 0 aromatic heterocycles. The maximum Gasteiger partial charge on any atom is 0.347 e. The summed E-state index contributed by atoms with van der Waals surface area (Å²) >= 11 is 0. The van der Waals surface area contributed by atoms with Gasteiger partial charge >= 0.3 is 7.60 Å². The van der Waals surface area contributed by atoms with E-state index in [0.29, 0.717) is 6.42 Å². The van der Waals surface area contributed by atoms with Gasteiger partial charge in [-0.2, -0.15) is 0 Å². The van der Waals surface area contributed by atoms with Crippen molar-refractivity contribution in [3.8, 4) is 0 Å². The normalized spacial score (nSPS) is 16.3. The number of carbonyl (C=O) groups excluding carboxylic acids is 2. The molecule has 0 heterocycles. The first-order valence-electron chi connectivity index (χ1n) is 6.01. The van der Waals surface area contributed by atoms with Gasteiger partial charge in [0.25, 0.3) is 0 Å². The molecule has 9 heteroatoms. The SMILES string of the molecule is CCCC(N)C(=O)NC(C)C(=O)NC(C)P(=O)(O)O. The van der Waals surface area contributed by atoms with Crippen LogP contribution < -0.4 is 16.4 Å². The number of hydrogen-bond acceptors (Lipinski definition) is 4. The average Bonchev–Trinajstić information content (AvgIpc) is 2.27. The maximum absolute atomic E-state index is 11.6. The zero-order valence-electron chi connectivity index (χ0n) is 11.3. The molecule has 0 fully saturated rings. The Kier molecular flexibility index (Phi) is 7.21. The molecule has 3 atom stereocenters. The number of nitrogens with one attached hydrogen (secondary N) is 2. The number of rotatable bonds is 7. The topological polar surface area (TPSA) is 142 Å². The van der Waals surface area contributed by atoms with Gasteiger partial charge in [-0.25, -0.2) is 0 Å². The van der Waals surface area contributed by atoms with E-state index in [0.717, 1.165) is 6.42 Å². The lowest BCUT2D eigenvalue weighted by Gasteiger charge is -2.20. The minimum absolute atomic E-state index is 0.465. The van der Waals surface area contributed by atoms with Crippen molar-refractivity contribution in [2.24, 2.45) is 5.73 Å². The third-order valence-corrected chi connectivity index (χ3v) is 3.68. The standard InChI is InChI=1S/C10H22N3O5P/c1-4-5-8(11)10(15)12-6(2)9(14)13-7(3)19(16,17)18/h6-8H,4-5,11H2,1-3H3,(H,12,15)(H,13,14)(H2,16,17,18). The van der Waals surface area contributed by atoms with Crippen molar-refractivity contribution in [1.82, 2.24) is 10.6 Å². The van der Waals surface area contributed by atoms with Gasteiger partial charge in [-0.15, -0.1) is 0 Å². The smallest absolute Gasteiger partial charge is 0.343 e. The van der Waals surface area contributed by atoms with Gasteiger partial charge in [0.2, 0.25) is 11.8 Å². The number of hydrogen-bond donors (Lipinski definition) is 5. The summed E-state index contributed by atoms with van der Waals surface area (Å²) in [5, 5.41) is 4.53. The van der Waals surface area contributed by atoms with Gasteiger partial charge in [-0.05, 0) is 20.3 Å². The molecule has 0 radical (unpaired) electrons. The minimum Gasteiger partial charge on any atom is -0.343 e. The van der Waals surface area contributed by atoms with Crippen molar-refractivity contribution in [1.29, 1.82) is 0 Å². The Bertz CT molecular complexity index is 370. The van der Waals surface area contributed by atoms with Gasteiger partial charge in [0.1, 0.15) is 11.8 Å². The molecule has 0 aliphatic rings. The monoisotopic (exact) mass is 295 g/mol. The highest BCUT2D eigenvalue weighted by molar-refractivity contribution is 7.52. The van der Waals surface area contributed by atoms with E-state index in [1.807, 2.05) is 6.92 Å². The number of nitrogens with two attached hydrogens (primary N) is 1. The van der Waals surface area contributed by atoms with Gasteiger partial charge in [0, 0.05) is 0 Å². The summed E-state index contributed by atoms with van der Waals surface area (Å²) in [6.07, 6.45) is 1.24. The van der Waals surface area contributed by atoms with Gasteiger partial charge < -0.3 is 26.2 Å². The Hall–Kier alpha value is -0.950. The van der Waals surface area contributed by atoms with Crippen LogP contribution in [0.4, 0.5) is 0 Å². The summed E-state index contributed by atoms with van der Waals surface area (Å²) in [5.41, 5.74) is 5.58. The molecule has 0 aliphatic heterocycles. The molecule has 3 unspecified atom stereocenters. The zero-order chi connectivity index (χ0) is 15.2. The van der Waals surface area contributed by atoms with Gasteiger partial charge in [-0.3, -0.25) is 14.2 Å². The van der Waals surface area contributed by atoms with Crippen LogP contribution in [0, 0.1) is 0 Å². The molecule has 112 valence electrons. The van der Waals surface area contributed by atoms with Gasteiger partial charge in [-0.1, -0.05) is 13.3 Å². The third-order valence-electron chi connectivity index (χ3n) is 2.54. The van der Waals surface area contributed by atoms with Gasteiger partial charge in [0.05, 0.1) is 6.04 Å². The quantitative estimate of drug-likeness (QED) is 0.391. The first-order chi connectivity index (χ1) is 8.59. The van der Waals surface area contributed by atoms with Crippen molar-refractivity contribution in [3.63, 3.8) is 0 Å². The summed E-state index contributed by atoms with van der Waals surface area (Å²) in [6, 6.07) is -1.61. The first-order valence-corrected chi connectivity index (χ1v) is 7.69. The highest BCUT2D eigenvalue weighted by atomic mass is 31.2. The fourth-order valence-electron chi connectivity index (χ4n) is 1.24. The van der Waals surface area contributed by atoms with E-state index in [1.165, 1.54) is 13.8 Å². The van der Waals surface area contributed by atoms with Crippen LogP contribution >= 0.6 is 7.60 Å². The minimum atomic E-state index is -4.38. The molecular weight excluding hydrogens is 273 g/mol. The van der Waals surface area contributed by atoms with Crippen LogP contribution in [0.3, 0.4) is 0 Å². The molecule has 0 aliphatic carbocycles. The molecule has 6 N–H and O–H groups in total. The van der Waals surface area contributed by atoms with Crippen LogP contribution in [0.5, 0.6) is 0 Å². The zero-order valence-corrected chi connectivity index (χ0v) is 12.2. The largest absolute Gasteiger partial charge is 0.347 e. The molecule has 0 bridgehead atoms. The Balaban J connectivity index is 4.36. The van der Waals surface area contributed by atoms with Crippen molar-refractivity contribution in [3.05, 3.63) is 0 Å². The van der Waals surface area contributed by atoms with E-state index in [9.17, 15) is 14.2 Å². The van der Waals surface area contributed by atoms with E-state index in [1.54, 1.807) is 0 Å². The lowest BCUT2D eigenvalue weighted by atomic mass is 10.1. The Morgan fingerprint density at radius 2 is 1.74 bits per heavy atom. The Morgan fingerprint density at radius 3 is 2.16 bits per heavy atom. The average molecular weight is 295 g/mol. The second kappa shape index (κ2) is 7.59. The molecule has 8 nitrogen and oxygen atoms in total. The number of carbonyl (C=O) groups is 2. The Labute approximate surface area is 112 Å². The van der Waals surface area contributed by atoms with E-state index in [2.05, 4.69) is 10.6 Å². The fourth-order valence-corrected chi connectivity index (χ4v) is 1.54. The maximum atomic E-state index is 11.6. The summed E-state index contributed by atoms with van der Waals surface area (Å²) in [5.74, 6) is -2.44. The van der Waals surface area contributed by atoms with Crippen LogP contribution in [0.25, 0.3) is 0 Å². The van der Waals surface area contributed by atoms with Crippen molar-refractivity contribution in [2.45, 2.75) is 51.5 Å². The molecule has 0 spiro atoms. The molecule has 0 aromatic carbocycles. The van der Waals surface area contributed by atoms with E-state index >= 15 is 0 Å². The second-order valence-electron chi connectivity index (χ2n) is 4.40. The van der Waals surface area contributed by atoms with Crippen LogP contribution in [0.15, 0.2) is 0 Å². The highest BCUT2D eigenvalue weighted by Crippen LogP contribution is 2.38. The van der Waals surface area contributed by atoms with Gasteiger partial charge in [0.15, 0.2) is 0 Å². The molecule has 0 saturated carbocycles. The van der Waals surface area contributed by atoms with Crippen LogP contribution in [-0.4, -0.2) is 39.5 Å². The molecule has 0 rings (SSSR count). The van der Waals surface area contributed by atoms with E-state index in [-0.39, 0.29) is 0 Å². The first kappa shape index (κ1) is 18.0. The van der Waals surface area contributed by atoms with Crippen molar-refractivity contribution < 1.29 is 23.9 Å². The predicted molar refractivity (Wildman–Crippen MR) is 70.1 cm³/mol. The van der Waals surface area contributed by atoms with Crippen molar-refractivity contribution in [2.75, 3.05) is 0 Å². The molecule has 0 saturated heterocycles. The third kappa shape index (κ3) is 6.68.